The first-order valence-electron chi connectivity index (χ1n) is 9.85. The molecule has 0 spiro atoms. The summed E-state index contributed by atoms with van der Waals surface area (Å²) in [5.41, 5.74) is 4.77. The van der Waals surface area contributed by atoms with Crippen LogP contribution in [0.5, 0.6) is 0 Å². The number of amides is 2. The Labute approximate surface area is 174 Å². The normalized spacial score (nSPS) is 10.7. The summed E-state index contributed by atoms with van der Waals surface area (Å²) in [5.74, 6) is -0.188. The molecule has 0 unspecified atom stereocenters. The fraction of sp³-hybridized carbons (Fsp3) is 0.120. The average Bonchev–Trinajstić information content (AvgIpc) is 3.12. The maximum absolute atomic E-state index is 12.9. The van der Waals surface area contributed by atoms with Crippen molar-refractivity contribution in [1.82, 2.24) is 0 Å². The van der Waals surface area contributed by atoms with Gasteiger partial charge in [0.05, 0.1) is 5.69 Å². The number of benzene rings is 3. The summed E-state index contributed by atoms with van der Waals surface area (Å²) in [6.07, 6.45) is 0.375. The lowest BCUT2D eigenvalue weighted by Gasteiger charge is -2.06. The van der Waals surface area contributed by atoms with Crippen LogP contribution in [0.2, 0.25) is 0 Å². The van der Waals surface area contributed by atoms with Crippen molar-refractivity contribution in [1.29, 1.82) is 0 Å². The van der Waals surface area contributed by atoms with Crippen molar-refractivity contribution in [2.75, 3.05) is 10.6 Å². The van der Waals surface area contributed by atoms with Crippen LogP contribution in [-0.4, -0.2) is 11.8 Å². The van der Waals surface area contributed by atoms with E-state index in [-0.39, 0.29) is 17.6 Å². The summed E-state index contributed by atoms with van der Waals surface area (Å²) < 4.78 is 5.82. The van der Waals surface area contributed by atoms with Gasteiger partial charge in [0.25, 0.3) is 5.91 Å². The van der Waals surface area contributed by atoms with Crippen LogP contribution in [-0.2, 0) is 4.79 Å². The quantitative estimate of drug-likeness (QED) is 0.432. The fourth-order valence-corrected chi connectivity index (χ4v) is 3.43. The Balaban J connectivity index is 1.58. The standard InChI is InChI=1S/C25H22N2O3/c1-3-22(28)27-20-10-7-11-21-23(20)16(2)24(30-21)25(29)26-19-14-12-18(13-15-19)17-8-5-4-6-9-17/h4-15H,3H2,1-2H3,(H,26,29)(H,27,28). The number of hydrogen-bond acceptors (Lipinski definition) is 3. The molecule has 0 bridgehead atoms. The van der Waals surface area contributed by atoms with Gasteiger partial charge in [0.2, 0.25) is 5.91 Å². The monoisotopic (exact) mass is 398 g/mol. The lowest BCUT2D eigenvalue weighted by Crippen LogP contribution is -2.12. The Morgan fingerprint density at radius 3 is 2.23 bits per heavy atom. The minimum absolute atomic E-state index is 0.0902. The zero-order chi connectivity index (χ0) is 21.1. The summed E-state index contributed by atoms with van der Waals surface area (Å²) in [6.45, 7) is 3.61. The van der Waals surface area contributed by atoms with Crippen molar-refractivity contribution in [3.63, 3.8) is 0 Å². The predicted molar refractivity (Wildman–Crippen MR) is 120 cm³/mol. The van der Waals surface area contributed by atoms with Gasteiger partial charge in [-0.2, -0.15) is 0 Å². The van der Waals surface area contributed by atoms with Crippen LogP contribution in [0.15, 0.2) is 77.2 Å². The van der Waals surface area contributed by atoms with Gasteiger partial charge in [0.1, 0.15) is 5.58 Å². The number of carbonyl (C=O) groups is 2. The number of anilines is 2. The van der Waals surface area contributed by atoms with Gasteiger partial charge in [0, 0.05) is 23.1 Å². The molecule has 5 heteroatoms. The van der Waals surface area contributed by atoms with Crippen LogP contribution in [0.25, 0.3) is 22.1 Å². The Morgan fingerprint density at radius 1 is 0.833 bits per heavy atom. The van der Waals surface area contributed by atoms with Crippen LogP contribution < -0.4 is 10.6 Å². The van der Waals surface area contributed by atoms with Gasteiger partial charge in [-0.05, 0) is 42.3 Å². The van der Waals surface area contributed by atoms with Crippen LogP contribution in [0, 0.1) is 6.92 Å². The Bertz CT molecular complexity index is 1210. The van der Waals surface area contributed by atoms with Crippen LogP contribution >= 0.6 is 0 Å². The second-order valence-corrected chi connectivity index (χ2v) is 7.03. The highest BCUT2D eigenvalue weighted by atomic mass is 16.3. The summed E-state index contributed by atoms with van der Waals surface area (Å²) in [7, 11) is 0. The number of nitrogens with one attached hydrogen (secondary N) is 2. The van der Waals surface area contributed by atoms with Crippen molar-refractivity contribution >= 4 is 34.2 Å². The van der Waals surface area contributed by atoms with Crippen LogP contribution in [0.4, 0.5) is 11.4 Å². The molecule has 2 N–H and O–H groups in total. The second kappa shape index (κ2) is 8.25. The molecule has 4 rings (SSSR count). The molecule has 0 aliphatic rings. The van der Waals surface area contributed by atoms with Crippen molar-refractivity contribution in [3.8, 4) is 11.1 Å². The number of aryl methyl sites for hydroxylation is 1. The molecule has 1 aromatic heterocycles. The molecule has 150 valence electrons. The number of carbonyl (C=O) groups excluding carboxylic acids is 2. The van der Waals surface area contributed by atoms with E-state index >= 15 is 0 Å². The average molecular weight is 398 g/mol. The molecular formula is C25H22N2O3. The SMILES string of the molecule is CCC(=O)Nc1cccc2oc(C(=O)Nc3ccc(-c4ccccc4)cc3)c(C)c12. The first-order chi connectivity index (χ1) is 14.6. The molecule has 3 aromatic carbocycles. The molecule has 0 fully saturated rings. The van der Waals surface area contributed by atoms with Crippen molar-refractivity contribution in [2.45, 2.75) is 20.3 Å². The van der Waals surface area contributed by atoms with E-state index in [0.29, 0.717) is 28.9 Å². The minimum atomic E-state index is -0.330. The first-order valence-corrected chi connectivity index (χ1v) is 9.85. The van der Waals surface area contributed by atoms with E-state index in [1.54, 1.807) is 19.1 Å². The zero-order valence-corrected chi connectivity index (χ0v) is 16.9. The smallest absolute Gasteiger partial charge is 0.291 e. The summed E-state index contributed by atoms with van der Waals surface area (Å²) in [6, 6.07) is 23.1. The molecule has 2 amide bonds. The molecule has 4 aromatic rings. The Kier molecular flexibility index (Phi) is 5.35. The van der Waals surface area contributed by atoms with Crippen LogP contribution in [0.3, 0.4) is 0 Å². The molecule has 1 heterocycles. The van der Waals surface area contributed by atoms with E-state index in [2.05, 4.69) is 10.6 Å². The van der Waals surface area contributed by atoms with Gasteiger partial charge in [-0.15, -0.1) is 0 Å². The summed E-state index contributed by atoms with van der Waals surface area (Å²) >= 11 is 0. The maximum atomic E-state index is 12.9. The molecular weight excluding hydrogens is 376 g/mol. The molecule has 0 radical (unpaired) electrons. The molecule has 30 heavy (non-hydrogen) atoms. The maximum Gasteiger partial charge on any atom is 0.291 e. The minimum Gasteiger partial charge on any atom is -0.451 e. The Hall–Kier alpha value is -3.86. The van der Waals surface area contributed by atoms with Gasteiger partial charge in [0.15, 0.2) is 5.76 Å². The van der Waals surface area contributed by atoms with E-state index in [1.165, 1.54) is 0 Å². The number of hydrogen-bond donors (Lipinski definition) is 2. The highest BCUT2D eigenvalue weighted by Gasteiger charge is 2.20. The summed E-state index contributed by atoms with van der Waals surface area (Å²) in [4.78, 5) is 24.7. The van der Waals surface area contributed by atoms with E-state index in [4.69, 9.17) is 4.42 Å². The molecule has 5 nitrogen and oxygen atoms in total. The van der Waals surface area contributed by atoms with Gasteiger partial charge in [-0.1, -0.05) is 55.5 Å². The lowest BCUT2D eigenvalue weighted by molar-refractivity contribution is -0.115. The van der Waals surface area contributed by atoms with Crippen molar-refractivity contribution < 1.29 is 14.0 Å². The van der Waals surface area contributed by atoms with Crippen molar-refractivity contribution in [3.05, 3.63) is 84.1 Å². The van der Waals surface area contributed by atoms with E-state index < -0.39 is 0 Å². The van der Waals surface area contributed by atoms with Gasteiger partial charge < -0.3 is 15.1 Å². The second-order valence-electron chi connectivity index (χ2n) is 7.03. The Morgan fingerprint density at radius 2 is 1.53 bits per heavy atom. The molecule has 0 aliphatic heterocycles. The van der Waals surface area contributed by atoms with Gasteiger partial charge in [-0.25, -0.2) is 0 Å². The number of furan rings is 1. The fourth-order valence-electron chi connectivity index (χ4n) is 3.43. The summed E-state index contributed by atoms with van der Waals surface area (Å²) in [5, 5.41) is 6.50. The highest BCUT2D eigenvalue weighted by Crippen LogP contribution is 2.32. The van der Waals surface area contributed by atoms with Gasteiger partial charge >= 0.3 is 0 Å². The third kappa shape index (κ3) is 3.82. The predicted octanol–water partition coefficient (Wildman–Crippen LogP) is 6.01. The largest absolute Gasteiger partial charge is 0.451 e. The zero-order valence-electron chi connectivity index (χ0n) is 16.9. The third-order valence-electron chi connectivity index (χ3n) is 5.01. The molecule has 0 aliphatic carbocycles. The molecule has 0 atom stereocenters. The van der Waals surface area contributed by atoms with E-state index in [1.807, 2.05) is 67.6 Å². The topological polar surface area (TPSA) is 71.3 Å². The number of fused-ring (bicyclic) bond motifs is 1. The third-order valence-corrected chi connectivity index (χ3v) is 5.01. The van der Waals surface area contributed by atoms with Crippen molar-refractivity contribution in [2.24, 2.45) is 0 Å². The first kappa shape index (κ1) is 19.5. The lowest BCUT2D eigenvalue weighted by atomic mass is 10.1. The van der Waals surface area contributed by atoms with Crippen LogP contribution in [0.1, 0.15) is 29.5 Å². The van der Waals surface area contributed by atoms with E-state index in [0.717, 1.165) is 16.5 Å². The number of rotatable bonds is 5. The molecule has 0 saturated heterocycles. The highest BCUT2D eigenvalue weighted by molar-refractivity contribution is 6.10. The van der Waals surface area contributed by atoms with E-state index in [9.17, 15) is 9.59 Å². The molecule has 0 saturated carbocycles. The van der Waals surface area contributed by atoms with Gasteiger partial charge in [-0.3, -0.25) is 9.59 Å².